The highest BCUT2D eigenvalue weighted by molar-refractivity contribution is 7.99. The van der Waals surface area contributed by atoms with Crippen LogP contribution in [-0.4, -0.2) is 11.7 Å². The molecule has 0 fully saturated rings. The van der Waals surface area contributed by atoms with Crippen LogP contribution in [0.15, 0.2) is 47.4 Å². The molecule has 0 aromatic heterocycles. The van der Waals surface area contributed by atoms with Crippen molar-refractivity contribution in [2.45, 2.75) is 17.7 Å². The standard InChI is InChI=1S/C16H16N2OS/c1-10-5-4-7-13(17)15(10)18-16(19)12-9-20-14-8-3-2-6-11(12)14/h2-8,12H,9,17H2,1H3,(H,18,19). The van der Waals surface area contributed by atoms with Crippen molar-refractivity contribution in [3.63, 3.8) is 0 Å². The molecule has 1 amide bonds. The average molecular weight is 284 g/mol. The summed E-state index contributed by atoms with van der Waals surface area (Å²) in [6.45, 7) is 1.95. The minimum atomic E-state index is -0.102. The summed E-state index contributed by atoms with van der Waals surface area (Å²) in [5, 5.41) is 2.98. The summed E-state index contributed by atoms with van der Waals surface area (Å²) in [4.78, 5) is 13.7. The molecule has 1 aliphatic rings. The fourth-order valence-electron chi connectivity index (χ4n) is 2.45. The minimum absolute atomic E-state index is 0.0171. The maximum absolute atomic E-state index is 12.5. The van der Waals surface area contributed by atoms with Crippen LogP contribution in [0.3, 0.4) is 0 Å². The van der Waals surface area contributed by atoms with E-state index >= 15 is 0 Å². The first kappa shape index (κ1) is 13.1. The van der Waals surface area contributed by atoms with Crippen LogP contribution in [0.5, 0.6) is 0 Å². The number of hydrogen-bond donors (Lipinski definition) is 2. The number of nitrogen functional groups attached to an aromatic ring is 1. The van der Waals surface area contributed by atoms with E-state index in [0.717, 1.165) is 22.6 Å². The smallest absolute Gasteiger partial charge is 0.232 e. The van der Waals surface area contributed by atoms with E-state index in [2.05, 4.69) is 11.4 Å². The fraction of sp³-hybridized carbons (Fsp3) is 0.188. The first-order valence-corrected chi connectivity index (χ1v) is 7.53. The molecule has 20 heavy (non-hydrogen) atoms. The SMILES string of the molecule is Cc1cccc(N)c1NC(=O)C1CSc2ccccc21. The number of thioether (sulfide) groups is 1. The number of carbonyl (C=O) groups excluding carboxylic acids is 1. The Labute approximate surface area is 122 Å². The van der Waals surface area contributed by atoms with Crippen LogP contribution in [0.4, 0.5) is 11.4 Å². The van der Waals surface area contributed by atoms with Gasteiger partial charge in [-0.2, -0.15) is 0 Å². The molecule has 0 radical (unpaired) electrons. The third-order valence-corrected chi connectivity index (χ3v) is 4.75. The topological polar surface area (TPSA) is 55.1 Å². The number of hydrogen-bond acceptors (Lipinski definition) is 3. The van der Waals surface area contributed by atoms with Gasteiger partial charge in [0.25, 0.3) is 0 Å². The van der Waals surface area contributed by atoms with Crippen LogP contribution in [0.25, 0.3) is 0 Å². The Balaban J connectivity index is 1.85. The number of fused-ring (bicyclic) bond motifs is 1. The Kier molecular flexibility index (Phi) is 3.40. The van der Waals surface area contributed by atoms with Crippen LogP contribution in [0.2, 0.25) is 0 Å². The zero-order chi connectivity index (χ0) is 14.1. The number of carbonyl (C=O) groups is 1. The maximum atomic E-state index is 12.5. The Morgan fingerprint density at radius 2 is 2.05 bits per heavy atom. The van der Waals surface area contributed by atoms with Gasteiger partial charge in [-0.3, -0.25) is 4.79 Å². The zero-order valence-electron chi connectivity index (χ0n) is 11.2. The number of amides is 1. The highest BCUT2D eigenvalue weighted by Gasteiger charge is 2.29. The van der Waals surface area contributed by atoms with Crippen molar-refractivity contribution in [1.82, 2.24) is 0 Å². The molecule has 102 valence electrons. The summed E-state index contributed by atoms with van der Waals surface area (Å²) in [5.74, 6) is 0.704. The molecule has 3 rings (SSSR count). The molecular formula is C16H16N2OS. The summed E-state index contributed by atoms with van der Waals surface area (Å²) >= 11 is 1.73. The normalized spacial score (nSPS) is 16.8. The lowest BCUT2D eigenvalue weighted by Gasteiger charge is -2.15. The van der Waals surface area contributed by atoms with E-state index in [0.29, 0.717) is 5.69 Å². The molecule has 1 heterocycles. The van der Waals surface area contributed by atoms with E-state index in [1.54, 1.807) is 17.8 Å². The van der Waals surface area contributed by atoms with E-state index < -0.39 is 0 Å². The molecule has 1 atom stereocenters. The first-order chi connectivity index (χ1) is 9.66. The van der Waals surface area contributed by atoms with Crippen molar-refractivity contribution in [3.05, 3.63) is 53.6 Å². The fourth-order valence-corrected chi connectivity index (χ4v) is 3.68. The van der Waals surface area contributed by atoms with Crippen molar-refractivity contribution in [2.24, 2.45) is 0 Å². The average Bonchev–Trinajstić information content (AvgIpc) is 2.87. The van der Waals surface area contributed by atoms with Gasteiger partial charge in [0.2, 0.25) is 5.91 Å². The van der Waals surface area contributed by atoms with Gasteiger partial charge in [0, 0.05) is 10.6 Å². The van der Waals surface area contributed by atoms with Crippen molar-refractivity contribution in [2.75, 3.05) is 16.8 Å². The van der Waals surface area contributed by atoms with E-state index in [-0.39, 0.29) is 11.8 Å². The van der Waals surface area contributed by atoms with Gasteiger partial charge < -0.3 is 11.1 Å². The van der Waals surface area contributed by atoms with E-state index in [4.69, 9.17) is 5.73 Å². The molecular weight excluding hydrogens is 268 g/mol. The van der Waals surface area contributed by atoms with Gasteiger partial charge in [0.15, 0.2) is 0 Å². The largest absolute Gasteiger partial charge is 0.397 e. The minimum Gasteiger partial charge on any atom is -0.397 e. The molecule has 3 nitrogen and oxygen atoms in total. The summed E-state index contributed by atoms with van der Waals surface area (Å²) in [5.41, 5.74) is 9.38. The predicted molar refractivity (Wildman–Crippen MR) is 84.1 cm³/mol. The molecule has 0 bridgehead atoms. The Bertz CT molecular complexity index is 649. The Hall–Kier alpha value is -1.94. The Morgan fingerprint density at radius 3 is 2.85 bits per heavy atom. The molecule has 2 aromatic rings. The molecule has 1 unspecified atom stereocenters. The van der Waals surface area contributed by atoms with Gasteiger partial charge in [-0.05, 0) is 30.2 Å². The van der Waals surface area contributed by atoms with E-state index in [1.165, 1.54) is 4.90 Å². The first-order valence-electron chi connectivity index (χ1n) is 6.54. The van der Waals surface area contributed by atoms with Crippen molar-refractivity contribution < 1.29 is 4.79 Å². The van der Waals surface area contributed by atoms with Crippen LogP contribution in [0.1, 0.15) is 17.0 Å². The lowest BCUT2D eigenvalue weighted by atomic mass is 10.00. The number of anilines is 2. The number of para-hydroxylation sites is 1. The van der Waals surface area contributed by atoms with Crippen molar-refractivity contribution in [1.29, 1.82) is 0 Å². The summed E-state index contributed by atoms with van der Waals surface area (Å²) in [6.07, 6.45) is 0. The highest BCUT2D eigenvalue weighted by atomic mass is 32.2. The molecule has 1 aliphatic heterocycles. The number of rotatable bonds is 2. The van der Waals surface area contributed by atoms with Crippen LogP contribution in [-0.2, 0) is 4.79 Å². The molecule has 0 spiro atoms. The van der Waals surface area contributed by atoms with Gasteiger partial charge in [0.1, 0.15) is 0 Å². The molecule has 0 aliphatic carbocycles. The number of aryl methyl sites for hydroxylation is 1. The van der Waals surface area contributed by atoms with Gasteiger partial charge in [-0.15, -0.1) is 11.8 Å². The molecule has 4 heteroatoms. The van der Waals surface area contributed by atoms with Crippen LogP contribution >= 0.6 is 11.8 Å². The molecule has 2 aromatic carbocycles. The second kappa shape index (κ2) is 5.21. The maximum Gasteiger partial charge on any atom is 0.232 e. The summed E-state index contributed by atoms with van der Waals surface area (Å²) in [7, 11) is 0. The van der Waals surface area contributed by atoms with Crippen LogP contribution < -0.4 is 11.1 Å². The number of nitrogens with two attached hydrogens (primary N) is 1. The van der Waals surface area contributed by atoms with Crippen LogP contribution in [0, 0.1) is 6.92 Å². The van der Waals surface area contributed by atoms with Crippen molar-refractivity contribution in [3.8, 4) is 0 Å². The monoisotopic (exact) mass is 284 g/mol. The second-order valence-corrected chi connectivity index (χ2v) is 5.99. The lowest BCUT2D eigenvalue weighted by molar-refractivity contribution is -0.117. The molecule has 3 N–H and O–H groups in total. The summed E-state index contributed by atoms with van der Waals surface area (Å²) in [6, 6.07) is 13.7. The van der Waals surface area contributed by atoms with Gasteiger partial charge in [-0.25, -0.2) is 0 Å². The van der Waals surface area contributed by atoms with Gasteiger partial charge >= 0.3 is 0 Å². The highest BCUT2D eigenvalue weighted by Crippen LogP contribution is 2.40. The quantitative estimate of drug-likeness (QED) is 0.831. The van der Waals surface area contributed by atoms with Gasteiger partial charge in [-0.1, -0.05) is 30.3 Å². The summed E-state index contributed by atoms with van der Waals surface area (Å²) < 4.78 is 0. The lowest BCUT2D eigenvalue weighted by Crippen LogP contribution is -2.22. The molecule has 0 saturated heterocycles. The third-order valence-electron chi connectivity index (χ3n) is 3.57. The van der Waals surface area contributed by atoms with E-state index in [1.807, 2.05) is 37.3 Å². The number of nitrogens with one attached hydrogen (secondary N) is 1. The predicted octanol–water partition coefficient (Wildman–Crippen LogP) is 3.41. The number of benzene rings is 2. The van der Waals surface area contributed by atoms with Crippen molar-refractivity contribution >= 4 is 29.0 Å². The molecule has 0 saturated carbocycles. The third kappa shape index (κ3) is 2.27. The van der Waals surface area contributed by atoms with Gasteiger partial charge in [0.05, 0.1) is 17.3 Å². The second-order valence-electron chi connectivity index (χ2n) is 4.93. The Morgan fingerprint density at radius 1 is 1.25 bits per heavy atom. The van der Waals surface area contributed by atoms with E-state index in [9.17, 15) is 4.79 Å². The zero-order valence-corrected chi connectivity index (χ0v) is 12.0.